The van der Waals surface area contributed by atoms with Crippen LogP contribution in [0.3, 0.4) is 0 Å². The minimum absolute atomic E-state index is 0.0106. The van der Waals surface area contributed by atoms with Gasteiger partial charge in [-0.3, -0.25) is 4.79 Å². The highest BCUT2D eigenvalue weighted by Crippen LogP contribution is 2.39. The molecule has 2 aromatic rings. The lowest BCUT2D eigenvalue weighted by Gasteiger charge is -2.23. The highest BCUT2D eigenvalue weighted by Gasteiger charge is 2.41. The van der Waals surface area contributed by atoms with Gasteiger partial charge in [0.2, 0.25) is 0 Å². The lowest BCUT2D eigenvalue weighted by molar-refractivity contribution is -0.137. The average molecular weight is 535 g/mol. The van der Waals surface area contributed by atoms with Crippen LogP contribution < -0.4 is 0 Å². The average Bonchev–Trinajstić information content (AvgIpc) is 3.25. The predicted molar refractivity (Wildman–Crippen MR) is 156 cm³/mol. The van der Waals surface area contributed by atoms with E-state index in [-0.39, 0.29) is 30.5 Å². The topological polar surface area (TPSA) is 76.0 Å². The van der Waals surface area contributed by atoms with E-state index in [1.54, 1.807) is 0 Å². The monoisotopic (exact) mass is 534 g/mol. The quantitative estimate of drug-likeness (QED) is 0.153. The number of aliphatic carboxylic acids is 1. The first-order valence-corrected chi connectivity index (χ1v) is 14.6. The molecule has 0 saturated heterocycles. The van der Waals surface area contributed by atoms with Crippen LogP contribution in [0.5, 0.6) is 0 Å². The van der Waals surface area contributed by atoms with Gasteiger partial charge in [-0.15, -0.1) is 0 Å². The minimum Gasteiger partial charge on any atom is -0.481 e. The summed E-state index contributed by atoms with van der Waals surface area (Å²) in [5, 5.41) is 19.9. The van der Waals surface area contributed by atoms with E-state index in [1.165, 1.54) is 12.8 Å². The Balaban J connectivity index is 1.69. The highest BCUT2D eigenvalue weighted by atomic mass is 16.5. The van der Waals surface area contributed by atoms with Crippen LogP contribution in [0.15, 0.2) is 85.0 Å². The zero-order chi connectivity index (χ0) is 27.7. The fourth-order valence-electron chi connectivity index (χ4n) is 5.24. The Kier molecular flexibility index (Phi) is 14.0. The Morgan fingerprint density at radius 1 is 0.974 bits per heavy atom. The maximum Gasteiger partial charge on any atom is 0.303 e. The zero-order valence-electron chi connectivity index (χ0n) is 23.4. The van der Waals surface area contributed by atoms with Crippen LogP contribution in [0.1, 0.15) is 75.8 Å². The molecule has 0 heterocycles. The first-order chi connectivity index (χ1) is 19.1. The number of ether oxygens (including phenoxy) is 2. The van der Waals surface area contributed by atoms with Crippen LogP contribution in [0.2, 0.25) is 0 Å². The van der Waals surface area contributed by atoms with E-state index in [9.17, 15) is 9.90 Å². The van der Waals surface area contributed by atoms with Gasteiger partial charge in [-0.25, -0.2) is 0 Å². The van der Waals surface area contributed by atoms with Crippen molar-refractivity contribution in [2.75, 3.05) is 0 Å². The van der Waals surface area contributed by atoms with Gasteiger partial charge in [0.15, 0.2) is 0 Å². The molecule has 1 saturated carbocycles. The predicted octanol–water partition coefficient (Wildman–Crippen LogP) is 7.49. The number of benzene rings is 2. The number of hydrogen-bond donors (Lipinski definition) is 2. The SMILES string of the molecule is CCCCC[C@@H](/C=C/[C@@H]1[C@@H](C/C=C\CCCC(=O)O)[C@@H](O)C[C@H]1OCc1ccccc1)OCc1ccccc1. The van der Waals surface area contributed by atoms with Crippen molar-refractivity contribution in [2.24, 2.45) is 11.8 Å². The van der Waals surface area contributed by atoms with E-state index < -0.39 is 12.1 Å². The number of hydrogen-bond acceptors (Lipinski definition) is 4. The summed E-state index contributed by atoms with van der Waals surface area (Å²) in [6.07, 6.45) is 15.4. The third-order valence-electron chi connectivity index (χ3n) is 7.48. The molecule has 0 unspecified atom stereocenters. The number of carbonyl (C=O) groups is 1. The second-order valence-electron chi connectivity index (χ2n) is 10.6. The van der Waals surface area contributed by atoms with E-state index in [0.717, 1.165) is 36.8 Å². The molecule has 5 nitrogen and oxygen atoms in total. The molecule has 0 bridgehead atoms. The minimum atomic E-state index is -0.763. The van der Waals surface area contributed by atoms with Gasteiger partial charge in [-0.05, 0) is 42.7 Å². The van der Waals surface area contributed by atoms with Crippen molar-refractivity contribution >= 4 is 5.97 Å². The van der Waals surface area contributed by atoms with E-state index in [0.29, 0.717) is 26.1 Å². The van der Waals surface area contributed by atoms with Gasteiger partial charge in [0.05, 0.1) is 31.5 Å². The molecule has 212 valence electrons. The number of allylic oxidation sites excluding steroid dienone is 2. The van der Waals surface area contributed by atoms with Crippen molar-refractivity contribution in [3.63, 3.8) is 0 Å². The van der Waals surface area contributed by atoms with E-state index in [4.69, 9.17) is 14.6 Å². The van der Waals surface area contributed by atoms with Crippen LogP contribution in [-0.4, -0.2) is 34.5 Å². The van der Waals surface area contributed by atoms with Crippen molar-refractivity contribution in [3.05, 3.63) is 96.1 Å². The van der Waals surface area contributed by atoms with Gasteiger partial charge in [0.1, 0.15) is 0 Å². The molecule has 2 N–H and O–H groups in total. The van der Waals surface area contributed by atoms with Crippen molar-refractivity contribution in [2.45, 2.75) is 96.2 Å². The third-order valence-corrected chi connectivity index (χ3v) is 7.48. The van der Waals surface area contributed by atoms with Crippen LogP contribution >= 0.6 is 0 Å². The first kappa shape index (κ1) is 30.8. The number of aliphatic hydroxyl groups excluding tert-OH is 1. The van der Waals surface area contributed by atoms with Gasteiger partial charge in [0.25, 0.3) is 0 Å². The molecule has 0 radical (unpaired) electrons. The molecular formula is C34H46O5. The summed E-state index contributed by atoms with van der Waals surface area (Å²) in [4.78, 5) is 10.8. The van der Waals surface area contributed by atoms with Gasteiger partial charge in [0, 0.05) is 18.8 Å². The van der Waals surface area contributed by atoms with Gasteiger partial charge < -0.3 is 19.7 Å². The van der Waals surface area contributed by atoms with Gasteiger partial charge >= 0.3 is 5.97 Å². The van der Waals surface area contributed by atoms with Gasteiger partial charge in [-0.1, -0.05) is 111 Å². The number of carboxylic acid groups (broad SMARTS) is 1. The summed E-state index contributed by atoms with van der Waals surface area (Å²) in [5.41, 5.74) is 2.29. The Morgan fingerprint density at radius 3 is 2.33 bits per heavy atom. The van der Waals surface area contributed by atoms with Crippen LogP contribution in [-0.2, 0) is 27.5 Å². The maximum atomic E-state index is 11.0. The van der Waals surface area contributed by atoms with Crippen LogP contribution in [0, 0.1) is 11.8 Å². The second-order valence-corrected chi connectivity index (χ2v) is 10.6. The Labute approximate surface area is 234 Å². The molecule has 3 rings (SSSR count). The first-order valence-electron chi connectivity index (χ1n) is 14.6. The standard InChI is InChI=1S/C34H46O5/c1-2-3-8-19-29(38-25-27-15-9-6-10-16-27)22-23-31-30(20-13-4-5-14-21-34(36)37)32(35)24-33(31)39-26-28-17-11-7-12-18-28/h4,6-7,9-13,15-18,22-23,29-33,35H,2-3,5,8,14,19-21,24-26H2,1H3,(H,36,37)/b13-4-,23-22+/t29-,30+,31+,32-,33+/m0/s1. The Bertz CT molecular complexity index is 987. The van der Waals surface area contributed by atoms with Crippen molar-refractivity contribution in [1.29, 1.82) is 0 Å². The summed E-state index contributed by atoms with van der Waals surface area (Å²) in [6.45, 7) is 3.31. The Hall–Kier alpha value is -2.73. The molecule has 2 aromatic carbocycles. The van der Waals surface area contributed by atoms with E-state index >= 15 is 0 Å². The number of unbranched alkanes of at least 4 members (excludes halogenated alkanes) is 3. The lowest BCUT2D eigenvalue weighted by atomic mass is 9.89. The lowest BCUT2D eigenvalue weighted by Crippen LogP contribution is -2.22. The van der Waals surface area contributed by atoms with Crippen LogP contribution in [0.4, 0.5) is 0 Å². The molecule has 39 heavy (non-hydrogen) atoms. The molecule has 5 heteroatoms. The van der Waals surface area contributed by atoms with Gasteiger partial charge in [-0.2, -0.15) is 0 Å². The molecule has 0 spiro atoms. The van der Waals surface area contributed by atoms with Crippen molar-refractivity contribution in [3.8, 4) is 0 Å². The Morgan fingerprint density at radius 2 is 1.67 bits per heavy atom. The molecule has 5 atom stereocenters. The zero-order valence-corrected chi connectivity index (χ0v) is 23.4. The highest BCUT2D eigenvalue weighted by molar-refractivity contribution is 5.66. The second kappa shape index (κ2) is 17.8. The number of aliphatic hydroxyl groups is 1. The number of carboxylic acids is 1. The maximum absolute atomic E-state index is 11.0. The number of rotatable bonds is 18. The van der Waals surface area contributed by atoms with Crippen LogP contribution in [0.25, 0.3) is 0 Å². The molecule has 1 aliphatic carbocycles. The summed E-state index contributed by atoms with van der Waals surface area (Å²) < 4.78 is 12.7. The molecule has 1 fully saturated rings. The van der Waals surface area contributed by atoms with E-state index in [1.807, 2.05) is 42.5 Å². The smallest absolute Gasteiger partial charge is 0.303 e. The summed E-state index contributed by atoms with van der Waals surface area (Å²) in [7, 11) is 0. The molecule has 0 aromatic heterocycles. The molecule has 1 aliphatic rings. The molecule has 0 amide bonds. The normalized spacial score (nSPS) is 22.1. The summed E-state index contributed by atoms with van der Waals surface area (Å²) in [5.74, 6) is -0.647. The van der Waals surface area contributed by atoms with Crippen molar-refractivity contribution < 1.29 is 24.5 Å². The largest absolute Gasteiger partial charge is 0.481 e. The molecular weight excluding hydrogens is 488 g/mol. The molecule has 0 aliphatic heterocycles. The third kappa shape index (κ3) is 11.5. The van der Waals surface area contributed by atoms with E-state index in [2.05, 4.69) is 49.4 Å². The fraction of sp³-hybridized carbons (Fsp3) is 0.500. The summed E-state index contributed by atoms with van der Waals surface area (Å²) >= 11 is 0. The summed E-state index contributed by atoms with van der Waals surface area (Å²) in [6, 6.07) is 20.4. The fourth-order valence-corrected chi connectivity index (χ4v) is 5.24. The van der Waals surface area contributed by atoms with Crippen molar-refractivity contribution in [1.82, 2.24) is 0 Å².